The molecule has 0 spiro atoms. The van der Waals surface area contributed by atoms with Crippen LogP contribution in [-0.4, -0.2) is 13.1 Å². The van der Waals surface area contributed by atoms with E-state index in [9.17, 15) is 4.79 Å². The summed E-state index contributed by atoms with van der Waals surface area (Å²) in [5.74, 6) is 1.31. The van der Waals surface area contributed by atoms with Crippen LogP contribution in [-0.2, 0) is 0 Å². The number of para-hydroxylation sites is 2. The fourth-order valence-electron chi connectivity index (χ4n) is 3.84. The summed E-state index contributed by atoms with van der Waals surface area (Å²) < 4.78 is 5.28. The minimum Gasteiger partial charge on any atom is -0.497 e. The van der Waals surface area contributed by atoms with Crippen LogP contribution in [0.4, 0.5) is 16.2 Å². The Bertz CT molecular complexity index is 1000. The number of fused-ring (bicyclic) bond motifs is 2. The molecule has 1 N–H and O–H groups in total. The molecule has 1 unspecified atom stereocenters. The van der Waals surface area contributed by atoms with Crippen molar-refractivity contribution < 1.29 is 9.53 Å². The molecule has 3 aromatic carbocycles. The maximum Gasteiger partial charge on any atom is 0.327 e. The molecule has 3 aromatic rings. The van der Waals surface area contributed by atoms with Crippen LogP contribution in [0.5, 0.6) is 5.75 Å². The van der Waals surface area contributed by atoms with Gasteiger partial charge in [-0.05, 0) is 60.7 Å². The normalized spacial score (nSPS) is 15.8. The molecule has 1 heterocycles. The summed E-state index contributed by atoms with van der Waals surface area (Å²) in [5.41, 5.74) is 2.98. The van der Waals surface area contributed by atoms with E-state index in [0.717, 1.165) is 45.3 Å². The topological polar surface area (TPSA) is 41.6 Å². The molecule has 2 aliphatic rings. The first-order chi connectivity index (χ1) is 14.2. The second-order valence-electron chi connectivity index (χ2n) is 7.41. The number of carbonyl (C=O) groups excluding carboxylic acids is 1. The average Bonchev–Trinajstić information content (AvgIpc) is 3.61. The van der Waals surface area contributed by atoms with Crippen molar-refractivity contribution in [2.24, 2.45) is 5.92 Å². The molecule has 4 nitrogen and oxygen atoms in total. The Balaban J connectivity index is 1.48. The number of benzene rings is 3. The van der Waals surface area contributed by atoms with Crippen molar-refractivity contribution in [2.75, 3.05) is 12.0 Å². The summed E-state index contributed by atoms with van der Waals surface area (Å²) in [6.45, 7) is 0. The summed E-state index contributed by atoms with van der Waals surface area (Å²) in [7, 11) is 1.67. The van der Waals surface area contributed by atoms with Crippen LogP contribution < -0.4 is 15.0 Å². The minimum atomic E-state index is -0.0853. The Morgan fingerprint density at radius 1 is 0.966 bits per heavy atom. The average molecular weight is 403 g/mol. The second-order valence-corrected chi connectivity index (χ2v) is 8.49. The van der Waals surface area contributed by atoms with Crippen molar-refractivity contribution >= 4 is 29.2 Å². The van der Waals surface area contributed by atoms with Crippen LogP contribution >= 0.6 is 11.8 Å². The number of anilines is 2. The number of carbonyl (C=O) groups is 1. The number of rotatable bonds is 4. The van der Waals surface area contributed by atoms with Crippen molar-refractivity contribution in [2.45, 2.75) is 28.7 Å². The van der Waals surface area contributed by atoms with E-state index in [2.05, 4.69) is 29.6 Å². The van der Waals surface area contributed by atoms with Crippen molar-refractivity contribution in [3.05, 3.63) is 78.4 Å². The SMILES string of the molecule is COc1ccc(C(NC(=O)N2c3ccccc3Sc3ccccc32)C2CC2)cc1. The molecule has 0 saturated heterocycles. The molecule has 1 fully saturated rings. The van der Waals surface area contributed by atoms with Gasteiger partial charge in [0.2, 0.25) is 0 Å². The summed E-state index contributed by atoms with van der Waals surface area (Å²) >= 11 is 1.71. The van der Waals surface area contributed by atoms with Gasteiger partial charge in [0.05, 0.1) is 24.5 Å². The maximum absolute atomic E-state index is 13.5. The van der Waals surface area contributed by atoms with E-state index < -0.39 is 0 Å². The molecular weight excluding hydrogens is 380 g/mol. The van der Waals surface area contributed by atoms with Gasteiger partial charge in [-0.3, -0.25) is 4.90 Å². The number of methoxy groups -OCH3 is 1. The zero-order chi connectivity index (χ0) is 19.8. The van der Waals surface area contributed by atoms with Gasteiger partial charge in [0, 0.05) is 9.79 Å². The van der Waals surface area contributed by atoms with E-state index >= 15 is 0 Å². The molecule has 29 heavy (non-hydrogen) atoms. The lowest BCUT2D eigenvalue weighted by Crippen LogP contribution is -2.40. The van der Waals surface area contributed by atoms with Gasteiger partial charge in [0.1, 0.15) is 5.75 Å². The van der Waals surface area contributed by atoms with Crippen LogP contribution in [0.2, 0.25) is 0 Å². The Labute approximate surface area is 174 Å². The van der Waals surface area contributed by atoms with Crippen LogP contribution in [0.3, 0.4) is 0 Å². The largest absolute Gasteiger partial charge is 0.497 e. The van der Waals surface area contributed by atoms with Crippen molar-refractivity contribution in [3.63, 3.8) is 0 Å². The van der Waals surface area contributed by atoms with Gasteiger partial charge in [0.15, 0.2) is 0 Å². The molecule has 2 amide bonds. The van der Waals surface area contributed by atoms with Gasteiger partial charge >= 0.3 is 6.03 Å². The van der Waals surface area contributed by atoms with Crippen molar-refractivity contribution in [1.29, 1.82) is 0 Å². The van der Waals surface area contributed by atoms with E-state index in [1.807, 2.05) is 53.4 Å². The molecular formula is C24H22N2O2S. The van der Waals surface area contributed by atoms with Gasteiger partial charge in [-0.2, -0.15) is 0 Å². The third-order valence-corrected chi connectivity index (χ3v) is 6.61. The molecule has 0 bridgehead atoms. The number of ether oxygens (including phenoxy) is 1. The van der Waals surface area contributed by atoms with Crippen LogP contribution in [0.25, 0.3) is 0 Å². The lowest BCUT2D eigenvalue weighted by atomic mass is 10.0. The van der Waals surface area contributed by atoms with Crippen molar-refractivity contribution in [1.82, 2.24) is 5.32 Å². The number of nitrogens with zero attached hydrogens (tertiary/aromatic N) is 1. The Morgan fingerprint density at radius 2 is 1.55 bits per heavy atom. The van der Waals surface area contributed by atoms with Crippen LogP contribution in [0, 0.1) is 5.92 Å². The quantitative estimate of drug-likeness (QED) is 0.568. The molecule has 0 radical (unpaired) electrons. The number of hydrogen-bond acceptors (Lipinski definition) is 3. The molecule has 1 atom stereocenters. The summed E-state index contributed by atoms with van der Waals surface area (Å²) in [6.07, 6.45) is 2.28. The predicted molar refractivity (Wildman–Crippen MR) is 116 cm³/mol. The molecule has 0 aromatic heterocycles. The predicted octanol–water partition coefficient (Wildman–Crippen LogP) is 6.16. The number of urea groups is 1. The molecule has 1 saturated carbocycles. The lowest BCUT2D eigenvalue weighted by Gasteiger charge is -2.32. The Hall–Kier alpha value is -2.92. The number of amides is 2. The summed E-state index contributed by atoms with van der Waals surface area (Å²) in [6, 6.07) is 24.1. The number of nitrogens with one attached hydrogen (secondary N) is 1. The molecule has 146 valence electrons. The molecule has 1 aliphatic heterocycles. The van der Waals surface area contributed by atoms with Gasteiger partial charge in [-0.1, -0.05) is 48.2 Å². The fraction of sp³-hybridized carbons (Fsp3) is 0.208. The van der Waals surface area contributed by atoms with Crippen molar-refractivity contribution in [3.8, 4) is 5.75 Å². The smallest absolute Gasteiger partial charge is 0.327 e. The highest BCUT2D eigenvalue weighted by atomic mass is 32.2. The Morgan fingerprint density at radius 3 is 2.10 bits per heavy atom. The first-order valence-corrected chi connectivity index (χ1v) is 10.7. The van der Waals surface area contributed by atoms with E-state index in [1.54, 1.807) is 18.9 Å². The highest BCUT2D eigenvalue weighted by Crippen LogP contribution is 2.48. The standard InChI is InChI=1S/C24H22N2O2S/c1-28-18-14-12-17(13-15-18)23(16-10-11-16)25-24(27)26-19-6-2-4-8-21(19)29-22-9-5-3-7-20(22)26/h2-9,12-16,23H,10-11H2,1H3,(H,25,27). The zero-order valence-corrected chi connectivity index (χ0v) is 17.0. The third kappa shape index (κ3) is 3.47. The first-order valence-electron chi connectivity index (χ1n) is 9.85. The monoisotopic (exact) mass is 402 g/mol. The first kappa shape index (κ1) is 18.1. The molecule has 5 heteroatoms. The Kier molecular flexibility index (Phi) is 4.68. The van der Waals surface area contributed by atoms with Crippen LogP contribution in [0.15, 0.2) is 82.6 Å². The second kappa shape index (κ2) is 7.48. The maximum atomic E-state index is 13.5. The summed E-state index contributed by atoms with van der Waals surface area (Å²) in [4.78, 5) is 17.5. The molecule has 5 rings (SSSR count). The van der Waals surface area contributed by atoms with Gasteiger partial charge in [-0.25, -0.2) is 4.79 Å². The van der Waals surface area contributed by atoms with E-state index in [0.29, 0.717) is 5.92 Å². The summed E-state index contributed by atoms with van der Waals surface area (Å²) in [5, 5.41) is 3.32. The lowest BCUT2D eigenvalue weighted by molar-refractivity contribution is 0.243. The highest BCUT2D eigenvalue weighted by Gasteiger charge is 2.36. The molecule has 1 aliphatic carbocycles. The van der Waals surface area contributed by atoms with E-state index in [4.69, 9.17) is 4.74 Å². The highest BCUT2D eigenvalue weighted by molar-refractivity contribution is 7.99. The van der Waals surface area contributed by atoms with Crippen LogP contribution in [0.1, 0.15) is 24.4 Å². The van der Waals surface area contributed by atoms with Gasteiger partial charge in [0.25, 0.3) is 0 Å². The zero-order valence-electron chi connectivity index (χ0n) is 16.2. The van der Waals surface area contributed by atoms with Gasteiger partial charge in [-0.15, -0.1) is 0 Å². The van der Waals surface area contributed by atoms with E-state index in [-0.39, 0.29) is 12.1 Å². The van der Waals surface area contributed by atoms with Gasteiger partial charge < -0.3 is 10.1 Å². The fourth-order valence-corrected chi connectivity index (χ4v) is 4.89. The number of hydrogen-bond donors (Lipinski definition) is 1. The third-order valence-electron chi connectivity index (χ3n) is 5.48. The van der Waals surface area contributed by atoms with E-state index in [1.165, 1.54) is 0 Å². The minimum absolute atomic E-state index is 0.00214.